The van der Waals surface area contributed by atoms with E-state index in [1.54, 1.807) is 11.8 Å². The van der Waals surface area contributed by atoms with Crippen LogP contribution in [0.2, 0.25) is 0 Å². The zero-order valence-electron chi connectivity index (χ0n) is 8.87. The number of carbonyl (C=O) groups is 1. The smallest absolute Gasteiger partial charge is 0.234 e. The summed E-state index contributed by atoms with van der Waals surface area (Å²) in [5.74, 6) is 4.87. The van der Waals surface area contributed by atoms with Crippen molar-refractivity contribution in [2.75, 3.05) is 5.73 Å². The molecule has 0 aliphatic rings. The van der Waals surface area contributed by atoms with Crippen molar-refractivity contribution in [2.45, 2.75) is 23.5 Å². The summed E-state index contributed by atoms with van der Waals surface area (Å²) in [5.41, 5.74) is 8.47. The minimum absolute atomic E-state index is 0.156. The van der Waals surface area contributed by atoms with Gasteiger partial charge in [0.05, 0.1) is 0 Å². The summed E-state index contributed by atoms with van der Waals surface area (Å²) in [6, 6.07) is 5.61. The standard InChI is InChI=1S/C10H14BrN3OS/c1-6(4-10(15)14-13)16-9-3-2-7(12)5-8(9)11/h2-3,5-6H,4,12-13H2,1H3,(H,14,15). The molecule has 0 heterocycles. The Morgan fingerprint density at radius 3 is 2.88 bits per heavy atom. The molecule has 1 amide bonds. The second-order valence-electron chi connectivity index (χ2n) is 3.39. The van der Waals surface area contributed by atoms with Gasteiger partial charge in [-0.1, -0.05) is 6.92 Å². The summed E-state index contributed by atoms with van der Waals surface area (Å²) in [5, 5.41) is 0.156. The summed E-state index contributed by atoms with van der Waals surface area (Å²) >= 11 is 5.04. The minimum Gasteiger partial charge on any atom is -0.399 e. The van der Waals surface area contributed by atoms with E-state index in [1.807, 2.05) is 25.1 Å². The molecule has 4 nitrogen and oxygen atoms in total. The van der Waals surface area contributed by atoms with E-state index in [0.717, 1.165) is 9.37 Å². The van der Waals surface area contributed by atoms with Crippen LogP contribution in [0, 0.1) is 0 Å². The van der Waals surface area contributed by atoms with Crippen molar-refractivity contribution in [2.24, 2.45) is 5.84 Å². The number of nitrogen functional groups attached to an aromatic ring is 1. The van der Waals surface area contributed by atoms with E-state index < -0.39 is 0 Å². The van der Waals surface area contributed by atoms with Gasteiger partial charge in [0.1, 0.15) is 0 Å². The fraction of sp³-hybridized carbons (Fsp3) is 0.300. The molecule has 1 aromatic rings. The zero-order chi connectivity index (χ0) is 12.1. The fourth-order valence-corrected chi connectivity index (χ4v) is 2.85. The molecule has 0 bridgehead atoms. The zero-order valence-corrected chi connectivity index (χ0v) is 11.3. The summed E-state index contributed by atoms with van der Waals surface area (Å²) in [7, 11) is 0. The summed E-state index contributed by atoms with van der Waals surface area (Å²) in [6.07, 6.45) is 0.387. The number of carbonyl (C=O) groups excluding carboxylic acids is 1. The van der Waals surface area contributed by atoms with Crippen molar-refractivity contribution in [3.05, 3.63) is 22.7 Å². The number of nitrogens with one attached hydrogen (secondary N) is 1. The van der Waals surface area contributed by atoms with Crippen molar-refractivity contribution < 1.29 is 4.79 Å². The minimum atomic E-state index is -0.161. The van der Waals surface area contributed by atoms with E-state index in [0.29, 0.717) is 12.1 Å². The Bertz CT molecular complexity index is 386. The average molecular weight is 304 g/mol. The van der Waals surface area contributed by atoms with Gasteiger partial charge in [-0.05, 0) is 34.1 Å². The number of amides is 1. The molecular weight excluding hydrogens is 290 g/mol. The van der Waals surface area contributed by atoms with Crippen LogP contribution in [0.4, 0.5) is 5.69 Å². The molecule has 1 aromatic carbocycles. The fourth-order valence-electron chi connectivity index (χ4n) is 1.19. The van der Waals surface area contributed by atoms with Crippen LogP contribution in [-0.2, 0) is 4.79 Å². The van der Waals surface area contributed by atoms with Crippen LogP contribution >= 0.6 is 27.7 Å². The average Bonchev–Trinajstić information content (AvgIpc) is 2.22. The van der Waals surface area contributed by atoms with E-state index in [4.69, 9.17) is 11.6 Å². The molecule has 1 atom stereocenters. The molecule has 0 aliphatic carbocycles. The maximum absolute atomic E-state index is 11.1. The molecule has 0 spiro atoms. The first-order valence-electron chi connectivity index (χ1n) is 4.74. The first kappa shape index (κ1) is 13.3. The Balaban J connectivity index is 2.62. The Hall–Kier alpha value is -0.720. The lowest BCUT2D eigenvalue weighted by molar-refractivity contribution is -0.121. The monoisotopic (exact) mass is 303 g/mol. The highest BCUT2D eigenvalue weighted by molar-refractivity contribution is 9.10. The number of anilines is 1. The molecule has 0 radical (unpaired) electrons. The van der Waals surface area contributed by atoms with Crippen molar-refractivity contribution >= 4 is 39.3 Å². The highest BCUT2D eigenvalue weighted by atomic mass is 79.9. The molecule has 6 heteroatoms. The SMILES string of the molecule is CC(CC(=O)NN)Sc1ccc(N)cc1Br. The highest BCUT2D eigenvalue weighted by Gasteiger charge is 2.11. The van der Waals surface area contributed by atoms with Gasteiger partial charge in [0, 0.05) is 26.7 Å². The molecule has 5 N–H and O–H groups in total. The number of hydrogen-bond acceptors (Lipinski definition) is 4. The number of halogens is 1. The molecule has 88 valence electrons. The Kier molecular flexibility index (Phi) is 5.11. The Morgan fingerprint density at radius 2 is 2.31 bits per heavy atom. The van der Waals surface area contributed by atoms with Crippen molar-refractivity contribution in [3.63, 3.8) is 0 Å². The second kappa shape index (κ2) is 6.12. The number of benzene rings is 1. The van der Waals surface area contributed by atoms with Crippen LogP contribution in [-0.4, -0.2) is 11.2 Å². The first-order valence-corrected chi connectivity index (χ1v) is 6.41. The molecule has 16 heavy (non-hydrogen) atoms. The van der Waals surface area contributed by atoms with E-state index in [9.17, 15) is 4.79 Å². The normalized spacial score (nSPS) is 12.2. The predicted octanol–water partition coefficient (Wildman–Crippen LogP) is 1.89. The van der Waals surface area contributed by atoms with E-state index in [1.165, 1.54) is 0 Å². The van der Waals surface area contributed by atoms with E-state index in [2.05, 4.69) is 21.4 Å². The lowest BCUT2D eigenvalue weighted by Crippen LogP contribution is -2.31. The van der Waals surface area contributed by atoms with E-state index in [-0.39, 0.29) is 11.2 Å². The topological polar surface area (TPSA) is 81.1 Å². The lowest BCUT2D eigenvalue weighted by atomic mass is 10.3. The van der Waals surface area contributed by atoms with Gasteiger partial charge in [-0.2, -0.15) is 0 Å². The van der Waals surface area contributed by atoms with Gasteiger partial charge in [-0.3, -0.25) is 10.2 Å². The maximum Gasteiger partial charge on any atom is 0.234 e. The predicted molar refractivity (Wildman–Crippen MR) is 70.8 cm³/mol. The Labute approximate surface area is 107 Å². The summed E-state index contributed by atoms with van der Waals surface area (Å²) < 4.78 is 0.942. The van der Waals surface area contributed by atoms with Gasteiger partial charge in [0.25, 0.3) is 0 Å². The van der Waals surface area contributed by atoms with Gasteiger partial charge >= 0.3 is 0 Å². The van der Waals surface area contributed by atoms with Crippen molar-refractivity contribution in [1.82, 2.24) is 5.43 Å². The molecule has 0 aliphatic heterocycles. The van der Waals surface area contributed by atoms with Crippen LogP contribution in [0.15, 0.2) is 27.6 Å². The summed E-state index contributed by atoms with van der Waals surface area (Å²) in [4.78, 5) is 12.1. The molecule has 0 aromatic heterocycles. The third-order valence-electron chi connectivity index (χ3n) is 1.92. The van der Waals surface area contributed by atoms with Crippen LogP contribution in [0.1, 0.15) is 13.3 Å². The van der Waals surface area contributed by atoms with Gasteiger partial charge in [0.2, 0.25) is 5.91 Å². The maximum atomic E-state index is 11.1. The number of thioether (sulfide) groups is 1. The first-order chi connectivity index (χ1) is 7.52. The number of rotatable bonds is 4. The third kappa shape index (κ3) is 4.03. The quantitative estimate of drug-likeness (QED) is 0.261. The second-order valence-corrected chi connectivity index (χ2v) is 5.72. The number of nitrogens with two attached hydrogens (primary N) is 2. The Morgan fingerprint density at radius 1 is 1.62 bits per heavy atom. The van der Waals surface area contributed by atoms with Gasteiger partial charge < -0.3 is 5.73 Å². The summed E-state index contributed by atoms with van der Waals surface area (Å²) in [6.45, 7) is 1.97. The largest absolute Gasteiger partial charge is 0.399 e. The highest BCUT2D eigenvalue weighted by Crippen LogP contribution is 2.32. The van der Waals surface area contributed by atoms with Crippen LogP contribution in [0.5, 0.6) is 0 Å². The van der Waals surface area contributed by atoms with Gasteiger partial charge in [-0.25, -0.2) is 5.84 Å². The molecular formula is C10H14BrN3OS. The molecule has 0 saturated heterocycles. The van der Waals surface area contributed by atoms with Crippen LogP contribution in [0.25, 0.3) is 0 Å². The lowest BCUT2D eigenvalue weighted by Gasteiger charge is -2.11. The molecule has 0 saturated carbocycles. The van der Waals surface area contributed by atoms with Crippen molar-refractivity contribution in [3.8, 4) is 0 Å². The molecule has 1 rings (SSSR count). The van der Waals surface area contributed by atoms with Gasteiger partial charge in [0.15, 0.2) is 0 Å². The number of hydrogen-bond donors (Lipinski definition) is 3. The van der Waals surface area contributed by atoms with E-state index >= 15 is 0 Å². The van der Waals surface area contributed by atoms with Crippen LogP contribution in [0.3, 0.4) is 0 Å². The third-order valence-corrected chi connectivity index (χ3v) is 4.02. The molecule has 1 unspecified atom stereocenters. The van der Waals surface area contributed by atoms with Crippen LogP contribution < -0.4 is 17.0 Å². The molecule has 0 fully saturated rings. The van der Waals surface area contributed by atoms with Gasteiger partial charge in [-0.15, -0.1) is 11.8 Å². The number of hydrazine groups is 1. The van der Waals surface area contributed by atoms with Crippen molar-refractivity contribution in [1.29, 1.82) is 0 Å².